The Morgan fingerprint density at radius 3 is 2.67 bits per heavy atom. The van der Waals surface area contributed by atoms with Crippen molar-refractivity contribution < 1.29 is 4.92 Å². The zero-order valence-corrected chi connectivity index (χ0v) is 14.8. The average molecular weight is 385 g/mol. The molecule has 3 atom stereocenters. The number of fused-ring (bicyclic) bond motifs is 3. The normalized spacial score (nSPS) is 24.2. The van der Waals surface area contributed by atoms with Crippen LogP contribution in [0, 0.1) is 23.0 Å². The maximum Gasteiger partial charge on any atom is 0.275 e. The standard InChI is InChI=1S/C19H17BrN2O2/c1-11-5-10-16(22(23)24)17-14-3-2-4-15(14)19(21-18(11)17)12-6-8-13(20)9-7-12/h2-3,5-10,14-15,19,21H,4H2,1H3/t14-,15-,19-/m0/s1. The van der Waals surface area contributed by atoms with Crippen LogP contribution in [0.2, 0.25) is 0 Å². The lowest BCUT2D eigenvalue weighted by molar-refractivity contribution is -0.385. The number of nitro benzene ring substituents is 1. The van der Waals surface area contributed by atoms with Crippen LogP contribution < -0.4 is 5.32 Å². The van der Waals surface area contributed by atoms with Gasteiger partial charge in [-0.2, -0.15) is 0 Å². The van der Waals surface area contributed by atoms with E-state index in [1.807, 2.05) is 25.1 Å². The van der Waals surface area contributed by atoms with Crippen molar-refractivity contribution in [3.8, 4) is 0 Å². The average Bonchev–Trinajstić information content (AvgIpc) is 3.05. The number of anilines is 1. The number of aryl methyl sites for hydroxylation is 1. The minimum absolute atomic E-state index is 0.0928. The van der Waals surface area contributed by atoms with Crippen LogP contribution in [-0.2, 0) is 0 Å². The minimum atomic E-state index is -0.261. The van der Waals surface area contributed by atoms with Crippen molar-refractivity contribution in [2.24, 2.45) is 5.92 Å². The molecule has 1 aliphatic heterocycles. The topological polar surface area (TPSA) is 55.2 Å². The van der Waals surface area contributed by atoms with E-state index in [2.05, 4.69) is 45.5 Å². The number of nitrogens with zero attached hydrogens (tertiary/aromatic N) is 1. The maximum atomic E-state index is 11.5. The summed E-state index contributed by atoms with van der Waals surface area (Å²) in [6.45, 7) is 2.01. The molecule has 0 radical (unpaired) electrons. The molecule has 2 aromatic rings. The minimum Gasteiger partial charge on any atom is -0.377 e. The van der Waals surface area contributed by atoms with Gasteiger partial charge in [0.1, 0.15) is 0 Å². The van der Waals surface area contributed by atoms with E-state index in [4.69, 9.17) is 0 Å². The first-order chi connectivity index (χ1) is 11.6. The number of nitro groups is 1. The second kappa shape index (κ2) is 5.74. The molecule has 0 fully saturated rings. The van der Waals surface area contributed by atoms with Crippen LogP contribution in [-0.4, -0.2) is 4.92 Å². The zero-order chi connectivity index (χ0) is 16.8. The second-order valence-corrected chi connectivity index (χ2v) is 7.39. The summed E-state index contributed by atoms with van der Waals surface area (Å²) in [5.74, 6) is 0.398. The first kappa shape index (κ1) is 15.4. The Hall–Kier alpha value is -2.14. The van der Waals surface area contributed by atoms with E-state index >= 15 is 0 Å². The molecule has 0 saturated carbocycles. The lowest BCUT2D eigenvalue weighted by Crippen LogP contribution is -2.30. The summed E-state index contributed by atoms with van der Waals surface area (Å²) in [7, 11) is 0. The molecule has 122 valence electrons. The van der Waals surface area contributed by atoms with Gasteiger partial charge in [-0.25, -0.2) is 0 Å². The summed E-state index contributed by atoms with van der Waals surface area (Å²) in [6.07, 6.45) is 5.23. The van der Waals surface area contributed by atoms with Gasteiger partial charge >= 0.3 is 0 Å². The zero-order valence-electron chi connectivity index (χ0n) is 13.2. The smallest absolute Gasteiger partial charge is 0.275 e. The van der Waals surface area contributed by atoms with Gasteiger partial charge in [0.25, 0.3) is 5.69 Å². The quantitative estimate of drug-likeness (QED) is 0.422. The summed E-state index contributed by atoms with van der Waals surface area (Å²) in [6, 6.07) is 12.0. The van der Waals surface area contributed by atoms with Crippen LogP contribution in [0.5, 0.6) is 0 Å². The van der Waals surface area contributed by atoms with E-state index in [0.717, 1.165) is 27.7 Å². The Morgan fingerprint density at radius 1 is 1.21 bits per heavy atom. The predicted octanol–water partition coefficient (Wildman–Crippen LogP) is 5.49. The molecule has 24 heavy (non-hydrogen) atoms. The molecule has 1 heterocycles. The molecule has 0 aromatic heterocycles. The van der Waals surface area contributed by atoms with Crippen molar-refractivity contribution in [3.05, 3.63) is 79.8 Å². The van der Waals surface area contributed by atoms with E-state index in [0.29, 0.717) is 5.92 Å². The first-order valence-electron chi connectivity index (χ1n) is 8.03. The van der Waals surface area contributed by atoms with E-state index in [1.165, 1.54) is 5.56 Å². The van der Waals surface area contributed by atoms with Gasteiger partial charge in [-0.3, -0.25) is 10.1 Å². The Bertz CT molecular complexity index is 845. The van der Waals surface area contributed by atoms with Crippen molar-refractivity contribution in [2.75, 3.05) is 5.32 Å². The molecule has 2 aliphatic rings. The summed E-state index contributed by atoms with van der Waals surface area (Å²) >= 11 is 3.48. The number of rotatable bonds is 2. The highest BCUT2D eigenvalue weighted by Crippen LogP contribution is 2.53. The molecule has 0 amide bonds. The summed E-state index contributed by atoms with van der Waals surface area (Å²) in [5.41, 5.74) is 4.25. The van der Waals surface area contributed by atoms with Gasteiger partial charge in [0.15, 0.2) is 0 Å². The van der Waals surface area contributed by atoms with Crippen molar-refractivity contribution in [1.29, 1.82) is 0 Å². The fourth-order valence-corrected chi connectivity index (χ4v) is 4.26. The third kappa shape index (κ3) is 2.35. The van der Waals surface area contributed by atoms with E-state index < -0.39 is 0 Å². The number of allylic oxidation sites excluding steroid dienone is 2. The Labute approximate surface area is 148 Å². The number of hydrogen-bond acceptors (Lipinski definition) is 3. The van der Waals surface area contributed by atoms with Crippen LogP contribution in [0.3, 0.4) is 0 Å². The van der Waals surface area contributed by atoms with E-state index in [-0.39, 0.29) is 22.6 Å². The summed E-state index contributed by atoms with van der Waals surface area (Å²) < 4.78 is 1.05. The van der Waals surface area contributed by atoms with Gasteiger partial charge in [-0.1, -0.05) is 46.3 Å². The molecule has 5 heteroatoms. The van der Waals surface area contributed by atoms with Crippen molar-refractivity contribution >= 4 is 27.3 Å². The summed E-state index contributed by atoms with van der Waals surface area (Å²) in [5, 5.41) is 15.1. The number of nitrogens with one attached hydrogen (secondary N) is 1. The van der Waals surface area contributed by atoms with Crippen molar-refractivity contribution in [3.63, 3.8) is 0 Å². The van der Waals surface area contributed by atoms with Crippen molar-refractivity contribution in [1.82, 2.24) is 0 Å². The molecular weight excluding hydrogens is 368 g/mol. The van der Waals surface area contributed by atoms with E-state index in [9.17, 15) is 10.1 Å². The third-order valence-electron chi connectivity index (χ3n) is 5.13. The van der Waals surface area contributed by atoms with Gasteiger partial charge in [0.2, 0.25) is 0 Å². The molecule has 1 aliphatic carbocycles. The largest absolute Gasteiger partial charge is 0.377 e. The lowest BCUT2D eigenvalue weighted by atomic mass is 9.76. The molecule has 4 nitrogen and oxygen atoms in total. The molecule has 0 unspecified atom stereocenters. The number of hydrogen-bond donors (Lipinski definition) is 1. The van der Waals surface area contributed by atoms with Crippen LogP contribution in [0.1, 0.15) is 35.1 Å². The fraction of sp³-hybridized carbons (Fsp3) is 0.263. The fourth-order valence-electron chi connectivity index (χ4n) is 3.99. The molecule has 2 aromatic carbocycles. The van der Waals surface area contributed by atoms with E-state index in [1.54, 1.807) is 6.07 Å². The molecular formula is C19H17BrN2O2. The highest BCUT2D eigenvalue weighted by atomic mass is 79.9. The van der Waals surface area contributed by atoms with Gasteiger partial charge < -0.3 is 5.32 Å². The van der Waals surface area contributed by atoms with Gasteiger partial charge in [-0.15, -0.1) is 0 Å². The third-order valence-corrected chi connectivity index (χ3v) is 5.66. The lowest BCUT2D eigenvalue weighted by Gasteiger charge is -2.38. The van der Waals surface area contributed by atoms with Crippen LogP contribution in [0.4, 0.5) is 11.4 Å². The number of benzene rings is 2. The predicted molar refractivity (Wildman–Crippen MR) is 98.3 cm³/mol. The highest BCUT2D eigenvalue weighted by Gasteiger charge is 2.42. The Morgan fingerprint density at radius 2 is 1.96 bits per heavy atom. The van der Waals surface area contributed by atoms with Crippen molar-refractivity contribution in [2.45, 2.75) is 25.3 Å². The second-order valence-electron chi connectivity index (χ2n) is 6.47. The van der Waals surface area contributed by atoms with Gasteiger partial charge in [0, 0.05) is 22.1 Å². The molecule has 0 bridgehead atoms. The van der Waals surface area contributed by atoms with Gasteiger partial charge in [-0.05, 0) is 42.5 Å². The molecule has 0 spiro atoms. The first-order valence-corrected chi connectivity index (χ1v) is 8.82. The molecule has 1 N–H and O–H groups in total. The monoisotopic (exact) mass is 384 g/mol. The van der Waals surface area contributed by atoms with Crippen LogP contribution in [0.15, 0.2) is 53.0 Å². The van der Waals surface area contributed by atoms with Crippen LogP contribution >= 0.6 is 15.9 Å². The highest BCUT2D eigenvalue weighted by molar-refractivity contribution is 9.10. The Kier molecular flexibility index (Phi) is 3.68. The molecule has 4 rings (SSSR count). The number of halogens is 1. The SMILES string of the molecule is Cc1ccc([N+](=O)[O-])c2c1N[C@@H](c1ccc(Br)cc1)[C@H]1CC=C[C@H]21. The summed E-state index contributed by atoms with van der Waals surface area (Å²) in [4.78, 5) is 11.2. The Balaban J connectivity index is 1.86. The maximum absolute atomic E-state index is 11.5. The van der Waals surface area contributed by atoms with Crippen LogP contribution in [0.25, 0.3) is 0 Å². The molecule has 0 saturated heterocycles. The van der Waals surface area contributed by atoms with Gasteiger partial charge in [0.05, 0.1) is 16.5 Å².